The molecule has 0 amide bonds. The van der Waals surface area contributed by atoms with Crippen LogP contribution in [0.5, 0.6) is 0 Å². The average Bonchev–Trinajstić information content (AvgIpc) is 1.82. The Hall–Kier alpha value is -0.520. The van der Waals surface area contributed by atoms with E-state index in [9.17, 15) is 0 Å². The lowest BCUT2D eigenvalue weighted by atomic mass is 9.97. The van der Waals surface area contributed by atoms with E-state index in [1.807, 2.05) is 6.08 Å². The van der Waals surface area contributed by atoms with Crippen molar-refractivity contribution in [1.82, 2.24) is 0 Å². The number of hydrogen-bond acceptors (Lipinski definition) is 0. The Balaban J connectivity index is 3.68. The number of allylic oxidation sites excluding steroid dienone is 2. The second kappa shape index (κ2) is 4.37. The molecule has 0 saturated carbocycles. The van der Waals surface area contributed by atoms with Crippen molar-refractivity contribution in [3.8, 4) is 0 Å². The average molecular weight is 124 g/mol. The summed E-state index contributed by atoms with van der Waals surface area (Å²) in [5, 5.41) is 0. The predicted molar refractivity (Wildman–Crippen MR) is 43.4 cm³/mol. The van der Waals surface area contributed by atoms with E-state index in [1.165, 1.54) is 18.4 Å². The largest absolute Gasteiger partial charge is 0.102 e. The van der Waals surface area contributed by atoms with Gasteiger partial charge in [-0.25, -0.2) is 0 Å². The molecule has 0 aromatic rings. The highest BCUT2D eigenvalue weighted by atomic mass is 14.1. The first-order valence-corrected chi connectivity index (χ1v) is 3.50. The summed E-state index contributed by atoms with van der Waals surface area (Å²) < 4.78 is 0. The summed E-state index contributed by atoms with van der Waals surface area (Å²) in [6, 6.07) is 0. The minimum absolute atomic E-state index is 0.537. The molecule has 0 bridgehead atoms. The smallest absolute Gasteiger partial charge is 0.00315 e. The monoisotopic (exact) mass is 124 g/mol. The zero-order chi connectivity index (χ0) is 7.28. The maximum Gasteiger partial charge on any atom is -0.00315 e. The molecule has 0 aliphatic carbocycles. The molecular weight excluding hydrogens is 108 g/mol. The van der Waals surface area contributed by atoms with Gasteiger partial charge in [0, 0.05) is 0 Å². The van der Waals surface area contributed by atoms with Crippen molar-refractivity contribution < 1.29 is 0 Å². The molecule has 0 aliphatic rings. The van der Waals surface area contributed by atoms with Crippen molar-refractivity contribution in [2.24, 2.45) is 5.92 Å². The van der Waals surface area contributed by atoms with Crippen molar-refractivity contribution in [1.29, 1.82) is 0 Å². The third-order valence-electron chi connectivity index (χ3n) is 1.52. The standard InChI is InChI=1S/C9H16/c1-5-7-9(6-2)8(3)4/h6,9H,2-3,5,7H2,1,4H3. The van der Waals surface area contributed by atoms with Gasteiger partial charge in [0.2, 0.25) is 0 Å². The Morgan fingerprint density at radius 2 is 2.22 bits per heavy atom. The van der Waals surface area contributed by atoms with E-state index >= 15 is 0 Å². The van der Waals surface area contributed by atoms with Crippen molar-refractivity contribution in [3.63, 3.8) is 0 Å². The molecule has 9 heavy (non-hydrogen) atoms. The van der Waals surface area contributed by atoms with Crippen molar-refractivity contribution in [3.05, 3.63) is 24.8 Å². The van der Waals surface area contributed by atoms with Crippen LogP contribution in [0.25, 0.3) is 0 Å². The van der Waals surface area contributed by atoms with Gasteiger partial charge in [-0.2, -0.15) is 0 Å². The molecule has 0 rings (SSSR count). The van der Waals surface area contributed by atoms with E-state index in [0.29, 0.717) is 5.92 Å². The van der Waals surface area contributed by atoms with Gasteiger partial charge in [0.25, 0.3) is 0 Å². The molecule has 0 heterocycles. The van der Waals surface area contributed by atoms with E-state index in [4.69, 9.17) is 0 Å². The Kier molecular flexibility index (Phi) is 4.12. The highest BCUT2D eigenvalue weighted by Gasteiger charge is 2.00. The van der Waals surface area contributed by atoms with Crippen LogP contribution in [0.15, 0.2) is 24.8 Å². The normalized spacial score (nSPS) is 12.7. The third-order valence-corrected chi connectivity index (χ3v) is 1.52. The molecule has 0 aromatic heterocycles. The summed E-state index contributed by atoms with van der Waals surface area (Å²) >= 11 is 0. The van der Waals surface area contributed by atoms with Crippen LogP contribution < -0.4 is 0 Å². The molecule has 0 fully saturated rings. The molecule has 1 unspecified atom stereocenters. The van der Waals surface area contributed by atoms with Gasteiger partial charge in [-0.15, -0.1) is 6.58 Å². The molecule has 52 valence electrons. The molecule has 0 nitrogen and oxygen atoms in total. The van der Waals surface area contributed by atoms with Crippen LogP contribution in [0.3, 0.4) is 0 Å². The highest BCUT2D eigenvalue weighted by molar-refractivity contribution is 5.03. The van der Waals surface area contributed by atoms with Gasteiger partial charge in [0.05, 0.1) is 0 Å². The number of rotatable bonds is 4. The molecule has 0 aliphatic heterocycles. The van der Waals surface area contributed by atoms with Gasteiger partial charge in [-0.05, 0) is 19.3 Å². The highest BCUT2D eigenvalue weighted by Crippen LogP contribution is 2.14. The molecule has 1 atom stereocenters. The predicted octanol–water partition coefficient (Wildman–Crippen LogP) is 3.16. The second-order valence-electron chi connectivity index (χ2n) is 2.48. The van der Waals surface area contributed by atoms with Crippen molar-refractivity contribution in [2.75, 3.05) is 0 Å². The molecule has 0 heteroatoms. The fourth-order valence-corrected chi connectivity index (χ4v) is 0.876. The Morgan fingerprint density at radius 1 is 1.67 bits per heavy atom. The SMILES string of the molecule is C=CC(CCC)C(=C)C. The summed E-state index contributed by atoms with van der Waals surface area (Å²) in [5.41, 5.74) is 1.23. The molecule has 0 saturated heterocycles. The second-order valence-corrected chi connectivity index (χ2v) is 2.48. The lowest BCUT2D eigenvalue weighted by molar-refractivity contribution is 0.661. The summed E-state index contributed by atoms with van der Waals surface area (Å²) in [7, 11) is 0. The lowest BCUT2D eigenvalue weighted by Gasteiger charge is -2.08. The summed E-state index contributed by atoms with van der Waals surface area (Å²) in [5.74, 6) is 0.537. The van der Waals surface area contributed by atoms with Gasteiger partial charge in [-0.3, -0.25) is 0 Å². The lowest BCUT2D eigenvalue weighted by Crippen LogP contribution is -1.94. The zero-order valence-electron chi connectivity index (χ0n) is 6.48. The fraction of sp³-hybridized carbons (Fsp3) is 0.556. The zero-order valence-corrected chi connectivity index (χ0v) is 6.48. The molecular formula is C9H16. The van der Waals surface area contributed by atoms with Gasteiger partial charge in [0.15, 0.2) is 0 Å². The fourth-order valence-electron chi connectivity index (χ4n) is 0.876. The third kappa shape index (κ3) is 3.12. The first kappa shape index (κ1) is 8.48. The maximum atomic E-state index is 3.87. The van der Waals surface area contributed by atoms with Crippen LogP contribution in [0.2, 0.25) is 0 Å². The Bertz CT molecular complexity index is 101. The van der Waals surface area contributed by atoms with Gasteiger partial charge < -0.3 is 0 Å². The van der Waals surface area contributed by atoms with Gasteiger partial charge in [-0.1, -0.05) is 31.6 Å². The first-order chi connectivity index (χ1) is 4.22. The Morgan fingerprint density at radius 3 is 2.33 bits per heavy atom. The van der Waals surface area contributed by atoms with Crippen molar-refractivity contribution in [2.45, 2.75) is 26.7 Å². The Labute approximate surface area is 58.3 Å². The summed E-state index contributed by atoms with van der Waals surface area (Å²) in [4.78, 5) is 0. The summed E-state index contributed by atoms with van der Waals surface area (Å²) in [6.45, 7) is 11.9. The topological polar surface area (TPSA) is 0 Å². The minimum Gasteiger partial charge on any atom is -0.102 e. The van der Waals surface area contributed by atoms with Crippen LogP contribution in [-0.2, 0) is 0 Å². The maximum absolute atomic E-state index is 3.87. The molecule has 0 aromatic carbocycles. The van der Waals surface area contributed by atoms with Gasteiger partial charge >= 0.3 is 0 Å². The van der Waals surface area contributed by atoms with E-state index < -0.39 is 0 Å². The number of hydrogen-bond donors (Lipinski definition) is 0. The van der Waals surface area contributed by atoms with Crippen LogP contribution in [0, 0.1) is 5.92 Å². The van der Waals surface area contributed by atoms with E-state index in [-0.39, 0.29) is 0 Å². The van der Waals surface area contributed by atoms with Crippen LogP contribution in [-0.4, -0.2) is 0 Å². The van der Waals surface area contributed by atoms with E-state index in [0.717, 1.165) is 0 Å². The van der Waals surface area contributed by atoms with Gasteiger partial charge in [0.1, 0.15) is 0 Å². The van der Waals surface area contributed by atoms with Crippen molar-refractivity contribution >= 4 is 0 Å². The quantitative estimate of drug-likeness (QED) is 0.505. The molecule has 0 spiro atoms. The minimum atomic E-state index is 0.537. The molecule has 0 radical (unpaired) electrons. The van der Waals surface area contributed by atoms with Crippen LogP contribution in [0.1, 0.15) is 26.7 Å². The summed E-state index contributed by atoms with van der Waals surface area (Å²) in [6.07, 6.45) is 4.38. The van der Waals surface area contributed by atoms with Crippen LogP contribution >= 0.6 is 0 Å². The van der Waals surface area contributed by atoms with Crippen LogP contribution in [0.4, 0.5) is 0 Å². The van der Waals surface area contributed by atoms with E-state index in [2.05, 4.69) is 27.0 Å². The first-order valence-electron chi connectivity index (χ1n) is 3.50. The van der Waals surface area contributed by atoms with E-state index in [1.54, 1.807) is 0 Å². The molecule has 0 N–H and O–H groups in total.